The maximum Gasteiger partial charge on any atom is 0.313 e. The first kappa shape index (κ1) is 12.6. The molecule has 1 fully saturated rings. The van der Waals surface area contributed by atoms with Crippen molar-refractivity contribution in [2.24, 2.45) is 0 Å². The highest BCUT2D eigenvalue weighted by atomic mass is 16.5. The van der Waals surface area contributed by atoms with Gasteiger partial charge in [0.15, 0.2) is 0 Å². The zero-order valence-electron chi connectivity index (χ0n) is 10.3. The summed E-state index contributed by atoms with van der Waals surface area (Å²) >= 11 is 0. The van der Waals surface area contributed by atoms with Crippen molar-refractivity contribution in [1.29, 1.82) is 0 Å². The quantitative estimate of drug-likeness (QED) is 0.748. The van der Waals surface area contributed by atoms with Crippen molar-refractivity contribution in [3.8, 4) is 0 Å². The Kier molecular flexibility index (Phi) is 3.94. The van der Waals surface area contributed by atoms with Gasteiger partial charge in [0.1, 0.15) is 0 Å². The van der Waals surface area contributed by atoms with Gasteiger partial charge in [0.05, 0.1) is 13.2 Å². The summed E-state index contributed by atoms with van der Waals surface area (Å²) in [6, 6.07) is 7.37. The standard InChI is InChI=1S/C13H16N2O3/c1-10-4-2-3-5-11(10)14-12(16)13(17)15-6-8-18-9-7-15/h2-5H,6-9H2,1H3,(H,14,16). The van der Waals surface area contributed by atoms with Gasteiger partial charge in [-0.15, -0.1) is 0 Å². The van der Waals surface area contributed by atoms with E-state index in [1.165, 1.54) is 4.90 Å². The van der Waals surface area contributed by atoms with Gasteiger partial charge < -0.3 is 15.0 Å². The van der Waals surface area contributed by atoms with Crippen LogP contribution in [0.15, 0.2) is 24.3 Å². The third kappa shape index (κ3) is 2.87. The van der Waals surface area contributed by atoms with Crippen molar-refractivity contribution in [2.75, 3.05) is 31.6 Å². The smallest absolute Gasteiger partial charge is 0.313 e. The van der Waals surface area contributed by atoms with Crippen LogP contribution in [0.1, 0.15) is 5.56 Å². The van der Waals surface area contributed by atoms with Gasteiger partial charge in [-0.3, -0.25) is 9.59 Å². The van der Waals surface area contributed by atoms with Crippen molar-refractivity contribution >= 4 is 17.5 Å². The molecule has 2 amide bonds. The van der Waals surface area contributed by atoms with E-state index in [0.29, 0.717) is 32.0 Å². The molecule has 1 saturated heterocycles. The molecule has 1 aliphatic rings. The summed E-state index contributed by atoms with van der Waals surface area (Å²) in [4.78, 5) is 25.2. The molecule has 5 heteroatoms. The molecule has 96 valence electrons. The summed E-state index contributed by atoms with van der Waals surface area (Å²) in [7, 11) is 0. The molecule has 1 aliphatic heterocycles. The molecule has 0 spiro atoms. The lowest BCUT2D eigenvalue weighted by atomic mass is 10.2. The van der Waals surface area contributed by atoms with Crippen LogP contribution in [0.5, 0.6) is 0 Å². The molecular weight excluding hydrogens is 232 g/mol. The molecular formula is C13H16N2O3. The summed E-state index contributed by atoms with van der Waals surface area (Å²) in [6.07, 6.45) is 0. The van der Waals surface area contributed by atoms with Crippen molar-refractivity contribution in [3.63, 3.8) is 0 Å². The van der Waals surface area contributed by atoms with Crippen molar-refractivity contribution in [3.05, 3.63) is 29.8 Å². The molecule has 0 aromatic heterocycles. The van der Waals surface area contributed by atoms with Gasteiger partial charge in [-0.05, 0) is 18.6 Å². The van der Waals surface area contributed by atoms with Gasteiger partial charge in [-0.25, -0.2) is 0 Å². The highest BCUT2D eigenvalue weighted by molar-refractivity contribution is 6.39. The van der Waals surface area contributed by atoms with Gasteiger partial charge in [0.25, 0.3) is 0 Å². The van der Waals surface area contributed by atoms with Crippen molar-refractivity contribution in [1.82, 2.24) is 4.90 Å². The van der Waals surface area contributed by atoms with Crippen molar-refractivity contribution in [2.45, 2.75) is 6.92 Å². The second-order valence-corrected chi connectivity index (χ2v) is 4.17. The second kappa shape index (κ2) is 5.64. The molecule has 0 radical (unpaired) electrons. The number of morpholine rings is 1. The topological polar surface area (TPSA) is 58.6 Å². The van der Waals surface area contributed by atoms with Crippen LogP contribution >= 0.6 is 0 Å². The monoisotopic (exact) mass is 248 g/mol. The maximum absolute atomic E-state index is 11.9. The minimum absolute atomic E-state index is 0.472. The van der Waals surface area contributed by atoms with Crippen LogP contribution in [0.3, 0.4) is 0 Å². The molecule has 2 rings (SSSR count). The average Bonchev–Trinajstić information content (AvgIpc) is 2.41. The number of carbonyl (C=O) groups excluding carboxylic acids is 2. The Bertz CT molecular complexity index is 453. The van der Waals surface area contributed by atoms with Crippen LogP contribution in [-0.4, -0.2) is 43.0 Å². The normalized spacial score (nSPS) is 15.3. The lowest BCUT2D eigenvalue weighted by molar-refractivity contribution is -0.145. The molecule has 18 heavy (non-hydrogen) atoms. The Labute approximate surface area is 106 Å². The zero-order valence-corrected chi connectivity index (χ0v) is 10.3. The number of rotatable bonds is 1. The fourth-order valence-electron chi connectivity index (χ4n) is 1.80. The maximum atomic E-state index is 11.9. The molecule has 0 saturated carbocycles. The number of carbonyl (C=O) groups is 2. The number of anilines is 1. The van der Waals surface area contributed by atoms with Crippen LogP contribution in [0.2, 0.25) is 0 Å². The lowest BCUT2D eigenvalue weighted by Crippen LogP contribution is -2.45. The SMILES string of the molecule is Cc1ccccc1NC(=O)C(=O)N1CCOCC1. The van der Waals surface area contributed by atoms with Gasteiger partial charge >= 0.3 is 11.8 Å². The first-order valence-electron chi connectivity index (χ1n) is 5.92. The number of hydrogen-bond acceptors (Lipinski definition) is 3. The van der Waals surface area contributed by atoms with Gasteiger partial charge in [-0.1, -0.05) is 18.2 Å². The van der Waals surface area contributed by atoms with Crippen LogP contribution < -0.4 is 5.32 Å². The minimum atomic E-state index is -0.591. The van der Waals surface area contributed by atoms with Crippen LogP contribution in [0.4, 0.5) is 5.69 Å². The summed E-state index contributed by atoms with van der Waals surface area (Å²) in [5.74, 6) is -1.09. The number of nitrogens with zero attached hydrogens (tertiary/aromatic N) is 1. The van der Waals surface area contributed by atoms with E-state index >= 15 is 0 Å². The van der Waals surface area contributed by atoms with E-state index in [4.69, 9.17) is 4.74 Å². The lowest BCUT2D eigenvalue weighted by Gasteiger charge is -2.26. The predicted molar refractivity (Wildman–Crippen MR) is 67.2 cm³/mol. The van der Waals surface area contributed by atoms with E-state index in [2.05, 4.69) is 5.32 Å². The van der Waals surface area contributed by atoms with E-state index in [-0.39, 0.29) is 0 Å². The van der Waals surface area contributed by atoms with Crippen LogP contribution in [0, 0.1) is 6.92 Å². The Hall–Kier alpha value is -1.88. The molecule has 5 nitrogen and oxygen atoms in total. The number of amides is 2. The van der Waals surface area contributed by atoms with E-state index in [9.17, 15) is 9.59 Å². The van der Waals surface area contributed by atoms with E-state index < -0.39 is 11.8 Å². The Morgan fingerprint density at radius 2 is 1.89 bits per heavy atom. The number of aryl methyl sites for hydroxylation is 1. The number of ether oxygens (including phenoxy) is 1. The first-order chi connectivity index (χ1) is 8.68. The molecule has 0 unspecified atom stereocenters. The number of benzene rings is 1. The molecule has 0 atom stereocenters. The molecule has 0 aliphatic carbocycles. The predicted octanol–water partition coefficient (Wildman–Crippen LogP) is 0.792. The molecule has 1 heterocycles. The van der Waals surface area contributed by atoms with Gasteiger partial charge in [0, 0.05) is 18.8 Å². The summed E-state index contributed by atoms with van der Waals surface area (Å²) in [5, 5.41) is 2.64. The highest BCUT2D eigenvalue weighted by Gasteiger charge is 2.23. The zero-order chi connectivity index (χ0) is 13.0. The Balaban J connectivity index is 1.99. The van der Waals surface area contributed by atoms with Gasteiger partial charge in [0.2, 0.25) is 0 Å². The summed E-state index contributed by atoms with van der Waals surface area (Å²) in [6.45, 7) is 3.81. The number of hydrogen-bond donors (Lipinski definition) is 1. The van der Waals surface area contributed by atoms with E-state index in [1.54, 1.807) is 6.07 Å². The molecule has 1 N–H and O–H groups in total. The summed E-state index contributed by atoms with van der Waals surface area (Å²) < 4.78 is 5.14. The fourth-order valence-corrected chi connectivity index (χ4v) is 1.80. The van der Waals surface area contributed by atoms with Gasteiger partial charge in [-0.2, -0.15) is 0 Å². The highest BCUT2D eigenvalue weighted by Crippen LogP contribution is 2.13. The average molecular weight is 248 g/mol. The molecule has 0 bridgehead atoms. The minimum Gasteiger partial charge on any atom is -0.378 e. The Morgan fingerprint density at radius 3 is 2.56 bits per heavy atom. The molecule has 1 aromatic carbocycles. The molecule has 1 aromatic rings. The number of para-hydroxylation sites is 1. The van der Waals surface area contributed by atoms with Crippen LogP contribution in [0.25, 0.3) is 0 Å². The third-order valence-electron chi connectivity index (χ3n) is 2.89. The fraction of sp³-hybridized carbons (Fsp3) is 0.385. The largest absolute Gasteiger partial charge is 0.378 e. The van der Waals surface area contributed by atoms with E-state index in [1.807, 2.05) is 25.1 Å². The summed E-state index contributed by atoms with van der Waals surface area (Å²) in [5.41, 5.74) is 1.60. The second-order valence-electron chi connectivity index (χ2n) is 4.17. The number of nitrogens with one attached hydrogen (secondary N) is 1. The van der Waals surface area contributed by atoms with Crippen molar-refractivity contribution < 1.29 is 14.3 Å². The van der Waals surface area contributed by atoms with E-state index in [0.717, 1.165) is 5.56 Å². The Morgan fingerprint density at radius 1 is 1.22 bits per heavy atom. The first-order valence-corrected chi connectivity index (χ1v) is 5.92. The van der Waals surface area contributed by atoms with Crippen LogP contribution in [-0.2, 0) is 14.3 Å². The third-order valence-corrected chi connectivity index (χ3v) is 2.89.